The molecule has 0 amide bonds. The van der Waals surface area contributed by atoms with Crippen molar-refractivity contribution in [1.29, 1.82) is 0 Å². The summed E-state index contributed by atoms with van der Waals surface area (Å²) in [7, 11) is 0. The van der Waals surface area contributed by atoms with Gasteiger partial charge in [-0.15, -0.1) is 0 Å². The zero-order chi connectivity index (χ0) is 21.5. The molecule has 3 aromatic carbocycles. The molecule has 0 saturated heterocycles. The molecule has 0 saturated carbocycles. The molecule has 0 heterocycles. The van der Waals surface area contributed by atoms with E-state index < -0.39 is 5.97 Å². The van der Waals surface area contributed by atoms with Gasteiger partial charge in [-0.25, -0.2) is 4.79 Å². The Kier molecular flexibility index (Phi) is 7.20. The maximum Gasteiger partial charge on any atom is 0.335 e. The number of aryl methyl sites for hydroxylation is 1. The molecule has 156 valence electrons. The van der Waals surface area contributed by atoms with Crippen LogP contribution in [-0.2, 0) is 13.2 Å². The van der Waals surface area contributed by atoms with Crippen LogP contribution in [0.3, 0.4) is 0 Å². The average Bonchev–Trinajstić information content (AvgIpc) is 2.72. The lowest BCUT2D eigenvalue weighted by atomic mass is 10.1. The second kappa shape index (κ2) is 10.0. The normalized spacial score (nSPS) is 10.5. The van der Waals surface area contributed by atoms with E-state index in [1.807, 2.05) is 44.2 Å². The lowest BCUT2D eigenvalue weighted by Gasteiger charge is -2.16. The number of aromatic carboxylic acids is 1. The van der Waals surface area contributed by atoms with Crippen LogP contribution in [0.5, 0.6) is 11.5 Å². The Labute approximate surface area is 181 Å². The van der Waals surface area contributed by atoms with E-state index in [0.29, 0.717) is 36.3 Å². The van der Waals surface area contributed by atoms with Gasteiger partial charge in [-0.05, 0) is 61.4 Å². The van der Waals surface area contributed by atoms with E-state index in [9.17, 15) is 4.79 Å². The standard InChI is InChI=1S/C24H24ClNO4/c1-3-29-22-13-18(14-26-20-9-7-19(8-10-20)24(27)28)12-21(25)23(22)30-15-17-6-4-5-16(2)11-17/h4-13,26H,3,14-15H2,1-2H3,(H,27,28). The van der Waals surface area contributed by atoms with Crippen LogP contribution in [0.1, 0.15) is 34.0 Å². The number of carboxylic acids is 1. The second-order valence-corrected chi connectivity index (χ2v) is 7.26. The number of rotatable bonds is 9. The maximum absolute atomic E-state index is 11.0. The summed E-state index contributed by atoms with van der Waals surface area (Å²) in [5.41, 5.74) is 4.22. The summed E-state index contributed by atoms with van der Waals surface area (Å²) in [5.74, 6) is 0.168. The Balaban J connectivity index is 1.72. The summed E-state index contributed by atoms with van der Waals surface area (Å²) in [6.07, 6.45) is 0. The molecule has 0 aliphatic carbocycles. The van der Waals surface area contributed by atoms with Crippen LogP contribution in [-0.4, -0.2) is 17.7 Å². The SMILES string of the molecule is CCOc1cc(CNc2ccc(C(=O)O)cc2)cc(Cl)c1OCc1cccc(C)c1. The minimum Gasteiger partial charge on any atom is -0.490 e. The third-order valence-electron chi connectivity index (χ3n) is 4.46. The highest BCUT2D eigenvalue weighted by Gasteiger charge is 2.13. The molecule has 3 rings (SSSR count). The zero-order valence-corrected chi connectivity index (χ0v) is 17.7. The fourth-order valence-electron chi connectivity index (χ4n) is 3.02. The number of anilines is 1. The van der Waals surface area contributed by atoms with Crippen LogP contribution in [0.25, 0.3) is 0 Å². The summed E-state index contributed by atoms with van der Waals surface area (Å²) in [6, 6.07) is 18.4. The molecule has 0 fully saturated rings. The molecular weight excluding hydrogens is 402 g/mol. The van der Waals surface area contributed by atoms with Crippen LogP contribution < -0.4 is 14.8 Å². The van der Waals surface area contributed by atoms with Crippen molar-refractivity contribution in [3.63, 3.8) is 0 Å². The van der Waals surface area contributed by atoms with Gasteiger partial charge in [0.1, 0.15) is 6.61 Å². The molecule has 3 aromatic rings. The first-order valence-electron chi connectivity index (χ1n) is 9.67. The number of carboxylic acid groups (broad SMARTS) is 1. The van der Waals surface area contributed by atoms with Crippen molar-refractivity contribution in [2.24, 2.45) is 0 Å². The van der Waals surface area contributed by atoms with Crippen molar-refractivity contribution in [1.82, 2.24) is 0 Å². The summed E-state index contributed by atoms with van der Waals surface area (Å²) < 4.78 is 11.7. The van der Waals surface area contributed by atoms with Crippen molar-refractivity contribution in [3.05, 3.63) is 87.9 Å². The number of hydrogen-bond acceptors (Lipinski definition) is 4. The topological polar surface area (TPSA) is 67.8 Å². The zero-order valence-electron chi connectivity index (χ0n) is 16.9. The first-order valence-corrected chi connectivity index (χ1v) is 10.0. The average molecular weight is 426 g/mol. The Bertz CT molecular complexity index is 1020. The quantitative estimate of drug-likeness (QED) is 0.444. The van der Waals surface area contributed by atoms with Gasteiger partial charge in [0.15, 0.2) is 11.5 Å². The third kappa shape index (κ3) is 5.67. The van der Waals surface area contributed by atoms with Gasteiger partial charge in [0, 0.05) is 12.2 Å². The van der Waals surface area contributed by atoms with Gasteiger partial charge < -0.3 is 19.9 Å². The number of hydrogen-bond donors (Lipinski definition) is 2. The predicted octanol–water partition coefficient (Wildman–Crippen LogP) is 5.94. The molecule has 0 aromatic heterocycles. The van der Waals surface area contributed by atoms with Gasteiger partial charge in [-0.2, -0.15) is 0 Å². The molecule has 0 spiro atoms. The smallest absolute Gasteiger partial charge is 0.335 e. The van der Waals surface area contributed by atoms with Crippen LogP contribution in [0.4, 0.5) is 5.69 Å². The van der Waals surface area contributed by atoms with Crippen LogP contribution in [0, 0.1) is 6.92 Å². The largest absolute Gasteiger partial charge is 0.490 e. The highest BCUT2D eigenvalue weighted by Crippen LogP contribution is 2.37. The van der Waals surface area contributed by atoms with E-state index in [1.54, 1.807) is 24.3 Å². The van der Waals surface area contributed by atoms with Crippen molar-refractivity contribution in [3.8, 4) is 11.5 Å². The Morgan fingerprint density at radius 3 is 2.47 bits per heavy atom. The summed E-state index contributed by atoms with van der Waals surface area (Å²) in [6.45, 7) is 5.34. The molecule has 5 nitrogen and oxygen atoms in total. The van der Waals surface area contributed by atoms with E-state index >= 15 is 0 Å². The molecular formula is C24H24ClNO4. The summed E-state index contributed by atoms with van der Waals surface area (Å²) >= 11 is 6.51. The molecule has 0 aliphatic heterocycles. The number of benzene rings is 3. The molecule has 0 aliphatic rings. The predicted molar refractivity (Wildman–Crippen MR) is 119 cm³/mol. The minimum absolute atomic E-state index is 0.248. The highest BCUT2D eigenvalue weighted by atomic mass is 35.5. The monoisotopic (exact) mass is 425 g/mol. The molecule has 0 bridgehead atoms. The van der Waals surface area contributed by atoms with Gasteiger partial charge in [0.2, 0.25) is 0 Å². The van der Waals surface area contributed by atoms with Crippen LogP contribution in [0.2, 0.25) is 5.02 Å². The fourth-order valence-corrected chi connectivity index (χ4v) is 3.31. The lowest BCUT2D eigenvalue weighted by molar-refractivity contribution is 0.0697. The Morgan fingerprint density at radius 1 is 1.03 bits per heavy atom. The van der Waals surface area contributed by atoms with E-state index in [-0.39, 0.29) is 5.56 Å². The number of halogens is 1. The Hall–Kier alpha value is -3.18. The minimum atomic E-state index is -0.948. The second-order valence-electron chi connectivity index (χ2n) is 6.85. The van der Waals surface area contributed by atoms with E-state index in [0.717, 1.165) is 16.8 Å². The number of carbonyl (C=O) groups is 1. The highest BCUT2D eigenvalue weighted by molar-refractivity contribution is 6.32. The van der Waals surface area contributed by atoms with Gasteiger partial charge >= 0.3 is 5.97 Å². The van der Waals surface area contributed by atoms with Crippen molar-refractivity contribution in [2.75, 3.05) is 11.9 Å². The van der Waals surface area contributed by atoms with E-state index in [4.69, 9.17) is 26.2 Å². The molecule has 6 heteroatoms. The lowest BCUT2D eigenvalue weighted by Crippen LogP contribution is -2.04. The molecule has 0 unspecified atom stereocenters. The Morgan fingerprint density at radius 2 is 1.80 bits per heavy atom. The summed E-state index contributed by atoms with van der Waals surface area (Å²) in [4.78, 5) is 11.0. The van der Waals surface area contributed by atoms with Crippen LogP contribution >= 0.6 is 11.6 Å². The van der Waals surface area contributed by atoms with Crippen molar-refractivity contribution in [2.45, 2.75) is 27.0 Å². The first kappa shape index (κ1) is 21.5. The van der Waals surface area contributed by atoms with E-state index in [1.165, 1.54) is 5.56 Å². The third-order valence-corrected chi connectivity index (χ3v) is 4.74. The van der Waals surface area contributed by atoms with Gasteiger partial charge in [0.25, 0.3) is 0 Å². The van der Waals surface area contributed by atoms with Crippen molar-refractivity contribution >= 4 is 23.3 Å². The molecule has 0 atom stereocenters. The molecule has 0 radical (unpaired) electrons. The molecule has 30 heavy (non-hydrogen) atoms. The van der Waals surface area contributed by atoms with E-state index in [2.05, 4.69) is 11.4 Å². The number of nitrogens with one attached hydrogen (secondary N) is 1. The van der Waals surface area contributed by atoms with Crippen molar-refractivity contribution < 1.29 is 19.4 Å². The molecule has 2 N–H and O–H groups in total. The summed E-state index contributed by atoms with van der Waals surface area (Å²) in [5, 5.41) is 12.7. The first-order chi connectivity index (χ1) is 14.5. The van der Waals surface area contributed by atoms with Gasteiger partial charge in [-0.3, -0.25) is 0 Å². The van der Waals surface area contributed by atoms with Gasteiger partial charge in [-0.1, -0.05) is 41.4 Å². The maximum atomic E-state index is 11.0. The van der Waals surface area contributed by atoms with Crippen LogP contribution in [0.15, 0.2) is 60.7 Å². The fraction of sp³-hybridized carbons (Fsp3) is 0.208. The number of ether oxygens (including phenoxy) is 2. The van der Waals surface area contributed by atoms with Gasteiger partial charge in [0.05, 0.1) is 17.2 Å².